The molecule has 7 heteroatoms. The van der Waals surface area contributed by atoms with E-state index in [1.54, 1.807) is 0 Å². The molecule has 0 radical (unpaired) electrons. The highest BCUT2D eigenvalue weighted by Gasteiger charge is 2.30. The number of urea groups is 1. The van der Waals surface area contributed by atoms with Gasteiger partial charge in [-0.25, -0.2) is 9.78 Å². The highest BCUT2D eigenvalue weighted by atomic mass is 16.5. The van der Waals surface area contributed by atoms with Gasteiger partial charge in [-0.1, -0.05) is 6.92 Å². The molecule has 2 aliphatic heterocycles. The number of morpholine rings is 1. The van der Waals surface area contributed by atoms with Gasteiger partial charge in [0.2, 0.25) is 0 Å². The lowest BCUT2D eigenvalue weighted by Gasteiger charge is -2.32. The Kier molecular flexibility index (Phi) is 5.08. The second-order valence-corrected chi connectivity index (χ2v) is 6.98. The van der Waals surface area contributed by atoms with Crippen molar-refractivity contribution in [1.29, 1.82) is 0 Å². The molecule has 0 saturated carbocycles. The minimum atomic E-state index is -0.0284. The third-order valence-corrected chi connectivity index (χ3v) is 5.20. The van der Waals surface area contributed by atoms with E-state index in [2.05, 4.69) is 15.2 Å². The maximum atomic E-state index is 12.8. The molecule has 1 aromatic heterocycles. The summed E-state index contributed by atoms with van der Waals surface area (Å²) in [5.74, 6) is 0.716. The first kappa shape index (κ1) is 17.3. The Hall–Kier alpha value is -2.12. The fourth-order valence-corrected chi connectivity index (χ4v) is 3.77. The number of hydrogen-bond donors (Lipinski definition) is 1. The molecule has 1 atom stereocenters. The largest absolute Gasteiger partial charge is 0.441 e. The minimum Gasteiger partial charge on any atom is -0.441 e. The Bertz CT molecular complexity index is 769. The number of fused-ring (bicyclic) bond motifs is 1. The van der Waals surface area contributed by atoms with Gasteiger partial charge >= 0.3 is 6.03 Å². The van der Waals surface area contributed by atoms with E-state index in [4.69, 9.17) is 9.15 Å². The van der Waals surface area contributed by atoms with E-state index < -0.39 is 0 Å². The minimum absolute atomic E-state index is 0.0284. The standard InChI is InChI=1S/C19H26N4O3/c1-2-18-21-16-12-14(5-6-17(16)26-18)20-19(24)23-7-3-4-15(23)13-22-8-10-25-11-9-22/h5-6,12,15H,2-4,7-11,13H2,1H3,(H,20,24)/t15-/m0/s1. The van der Waals surface area contributed by atoms with Gasteiger partial charge in [0, 0.05) is 44.3 Å². The van der Waals surface area contributed by atoms with Crippen LogP contribution in [-0.2, 0) is 11.2 Å². The first-order valence-corrected chi connectivity index (χ1v) is 9.50. The molecule has 3 heterocycles. The lowest BCUT2D eigenvalue weighted by molar-refractivity contribution is 0.0296. The number of nitrogens with one attached hydrogen (secondary N) is 1. The summed E-state index contributed by atoms with van der Waals surface area (Å²) < 4.78 is 11.0. The SMILES string of the molecule is CCc1nc2cc(NC(=O)N3CCC[C@H]3CN3CCOCC3)ccc2o1. The van der Waals surface area contributed by atoms with Gasteiger partial charge in [-0.3, -0.25) is 4.90 Å². The first-order valence-electron chi connectivity index (χ1n) is 9.50. The van der Waals surface area contributed by atoms with E-state index in [0.29, 0.717) is 5.89 Å². The zero-order valence-corrected chi connectivity index (χ0v) is 15.2. The second-order valence-electron chi connectivity index (χ2n) is 6.98. The van der Waals surface area contributed by atoms with Crippen LogP contribution in [0.2, 0.25) is 0 Å². The summed E-state index contributed by atoms with van der Waals surface area (Å²) in [6.45, 7) is 7.23. The van der Waals surface area contributed by atoms with Gasteiger partial charge in [0.1, 0.15) is 5.52 Å². The van der Waals surface area contributed by atoms with Crippen LogP contribution in [0.15, 0.2) is 22.6 Å². The summed E-state index contributed by atoms with van der Waals surface area (Å²) in [4.78, 5) is 21.6. The molecule has 0 unspecified atom stereocenters. The predicted octanol–water partition coefficient (Wildman–Crippen LogP) is 2.72. The fraction of sp³-hybridized carbons (Fsp3) is 0.579. The predicted molar refractivity (Wildman–Crippen MR) is 99.4 cm³/mol. The van der Waals surface area contributed by atoms with Crippen molar-refractivity contribution in [1.82, 2.24) is 14.8 Å². The van der Waals surface area contributed by atoms with E-state index in [-0.39, 0.29) is 12.1 Å². The summed E-state index contributed by atoms with van der Waals surface area (Å²) in [5.41, 5.74) is 2.30. The van der Waals surface area contributed by atoms with Crippen molar-refractivity contribution < 1.29 is 13.9 Å². The quantitative estimate of drug-likeness (QED) is 0.910. The number of anilines is 1. The molecular weight excluding hydrogens is 332 g/mol. The summed E-state index contributed by atoms with van der Waals surface area (Å²) in [6, 6.07) is 5.86. The molecule has 26 heavy (non-hydrogen) atoms. The van der Waals surface area contributed by atoms with E-state index >= 15 is 0 Å². The number of benzene rings is 1. The summed E-state index contributed by atoms with van der Waals surface area (Å²) in [6.07, 6.45) is 2.88. The van der Waals surface area contributed by atoms with Gasteiger partial charge in [0.15, 0.2) is 11.5 Å². The topological polar surface area (TPSA) is 70.8 Å². The van der Waals surface area contributed by atoms with E-state index in [1.807, 2.05) is 30.0 Å². The van der Waals surface area contributed by atoms with Crippen molar-refractivity contribution in [3.8, 4) is 0 Å². The molecule has 0 spiro atoms. The summed E-state index contributed by atoms with van der Waals surface area (Å²) >= 11 is 0. The van der Waals surface area contributed by atoms with Crippen LogP contribution in [0.25, 0.3) is 11.1 Å². The van der Waals surface area contributed by atoms with E-state index in [0.717, 1.165) is 75.4 Å². The van der Waals surface area contributed by atoms with Crippen molar-refractivity contribution in [3.63, 3.8) is 0 Å². The van der Waals surface area contributed by atoms with Gasteiger partial charge < -0.3 is 19.4 Å². The summed E-state index contributed by atoms with van der Waals surface area (Å²) in [7, 11) is 0. The van der Waals surface area contributed by atoms with Crippen LogP contribution in [0, 0.1) is 0 Å². The number of carbonyl (C=O) groups excluding carboxylic acids is 1. The number of hydrogen-bond acceptors (Lipinski definition) is 5. The van der Waals surface area contributed by atoms with Crippen molar-refractivity contribution >= 4 is 22.8 Å². The number of likely N-dealkylation sites (tertiary alicyclic amines) is 1. The van der Waals surface area contributed by atoms with Gasteiger partial charge in [-0.15, -0.1) is 0 Å². The van der Waals surface area contributed by atoms with Crippen molar-refractivity contribution in [2.45, 2.75) is 32.2 Å². The van der Waals surface area contributed by atoms with Gasteiger partial charge in [-0.2, -0.15) is 0 Å². The monoisotopic (exact) mass is 358 g/mol. The van der Waals surface area contributed by atoms with Gasteiger partial charge in [0.05, 0.1) is 13.2 Å². The highest BCUT2D eigenvalue weighted by molar-refractivity contribution is 5.92. The third kappa shape index (κ3) is 3.68. The molecule has 2 saturated heterocycles. The first-order chi connectivity index (χ1) is 12.7. The maximum Gasteiger partial charge on any atom is 0.322 e. The van der Waals surface area contributed by atoms with Gasteiger partial charge in [-0.05, 0) is 31.0 Å². The van der Waals surface area contributed by atoms with Crippen LogP contribution in [0.4, 0.5) is 10.5 Å². The molecule has 2 amide bonds. The lowest BCUT2D eigenvalue weighted by atomic mass is 10.2. The highest BCUT2D eigenvalue weighted by Crippen LogP contribution is 2.23. The molecule has 7 nitrogen and oxygen atoms in total. The molecule has 2 fully saturated rings. The number of ether oxygens (including phenoxy) is 1. The molecule has 140 valence electrons. The number of nitrogens with zero attached hydrogens (tertiary/aromatic N) is 3. The zero-order valence-electron chi connectivity index (χ0n) is 15.2. The zero-order chi connectivity index (χ0) is 17.9. The Morgan fingerprint density at radius 3 is 2.96 bits per heavy atom. The number of rotatable bonds is 4. The Balaban J connectivity index is 1.41. The van der Waals surface area contributed by atoms with Crippen LogP contribution in [-0.4, -0.2) is 66.2 Å². The van der Waals surface area contributed by atoms with Crippen LogP contribution in [0.3, 0.4) is 0 Å². The Morgan fingerprint density at radius 1 is 1.31 bits per heavy atom. The maximum absolute atomic E-state index is 12.8. The Labute approximate surface area is 153 Å². The molecule has 1 N–H and O–H groups in total. The van der Waals surface area contributed by atoms with Crippen molar-refractivity contribution in [2.75, 3.05) is 44.7 Å². The molecule has 0 bridgehead atoms. The molecule has 2 aliphatic rings. The van der Waals surface area contributed by atoms with Crippen LogP contribution in [0.5, 0.6) is 0 Å². The average Bonchev–Trinajstić information content (AvgIpc) is 3.28. The van der Waals surface area contributed by atoms with Crippen LogP contribution in [0.1, 0.15) is 25.7 Å². The number of amides is 2. The van der Waals surface area contributed by atoms with Crippen LogP contribution >= 0.6 is 0 Å². The smallest absolute Gasteiger partial charge is 0.322 e. The number of oxazole rings is 1. The summed E-state index contributed by atoms with van der Waals surface area (Å²) in [5, 5.41) is 3.03. The molecular formula is C19H26N4O3. The third-order valence-electron chi connectivity index (χ3n) is 5.20. The van der Waals surface area contributed by atoms with E-state index in [9.17, 15) is 4.79 Å². The average molecular weight is 358 g/mol. The molecule has 0 aliphatic carbocycles. The van der Waals surface area contributed by atoms with Crippen molar-refractivity contribution in [2.24, 2.45) is 0 Å². The normalized spacial score (nSPS) is 21.4. The Morgan fingerprint density at radius 2 is 2.15 bits per heavy atom. The number of aromatic nitrogens is 1. The lowest BCUT2D eigenvalue weighted by Crippen LogP contribution is -2.47. The van der Waals surface area contributed by atoms with E-state index in [1.165, 1.54) is 0 Å². The van der Waals surface area contributed by atoms with Crippen LogP contribution < -0.4 is 5.32 Å². The fourth-order valence-electron chi connectivity index (χ4n) is 3.77. The molecule has 4 rings (SSSR count). The molecule has 1 aromatic carbocycles. The molecule has 2 aromatic rings. The van der Waals surface area contributed by atoms with Gasteiger partial charge in [0.25, 0.3) is 0 Å². The van der Waals surface area contributed by atoms with Crippen molar-refractivity contribution in [3.05, 3.63) is 24.1 Å². The number of carbonyl (C=O) groups is 1. The second kappa shape index (κ2) is 7.63. The number of aryl methyl sites for hydroxylation is 1.